The molecule has 3 aliphatic rings. The zero-order valence-corrected chi connectivity index (χ0v) is 24.1. The van der Waals surface area contributed by atoms with Gasteiger partial charge in [-0.25, -0.2) is 4.68 Å². The molecule has 4 aromatic rings. The molecule has 0 bridgehead atoms. The molecule has 1 unspecified atom stereocenters. The van der Waals surface area contributed by atoms with Gasteiger partial charge in [-0.15, -0.1) is 0 Å². The molecule has 1 atom stereocenters. The predicted octanol–water partition coefficient (Wildman–Crippen LogP) is 3.17. The van der Waals surface area contributed by atoms with Gasteiger partial charge in [-0.3, -0.25) is 0 Å². The monoisotopic (exact) mass is 584 g/mol. The molecule has 0 amide bonds. The van der Waals surface area contributed by atoms with Gasteiger partial charge in [0.05, 0.1) is 43.9 Å². The maximum atomic E-state index is 5.57. The van der Waals surface area contributed by atoms with E-state index >= 15 is 0 Å². The number of fused-ring (bicyclic) bond motifs is 1. The van der Waals surface area contributed by atoms with Crippen LogP contribution in [0.15, 0.2) is 54.6 Å². The number of morpholine rings is 2. The Morgan fingerprint density at radius 3 is 2.07 bits per heavy atom. The highest BCUT2D eigenvalue weighted by molar-refractivity contribution is 7.80. The van der Waals surface area contributed by atoms with Crippen molar-refractivity contribution in [2.24, 2.45) is 0 Å². The summed E-state index contributed by atoms with van der Waals surface area (Å²) in [5, 5.41) is 15.6. The molecular formula is C29H32N10O2S. The van der Waals surface area contributed by atoms with Crippen LogP contribution in [0.4, 0.5) is 29.4 Å². The molecule has 2 aromatic carbocycles. The second kappa shape index (κ2) is 11.5. The van der Waals surface area contributed by atoms with Crippen molar-refractivity contribution in [2.75, 3.05) is 73.0 Å². The lowest BCUT2D eigenvalue weighted by atomic mass is 9.97. The van der Waals surface area contributed by atoms with Crippen molar-refractivity contribution in [2.45, 2.75) is 13.0 Å². The second-order valence-corrected chi connectivity index (χ2v) is 10.7. The molecule has 0 aliphatic carbocycles. The molecule has 3 aliphatic heterocycles. The smallest absolute Gasteiger partial charge is 0.233 e. The molecule has 42 heavy (non-hydrogen) atoms. The summed E-state index contributed by atoms with van der Waals surface area (Å²) >= 11 is 5.57. The predicted molar refractivity (Wildman–Crippen MR) is 165 cm³/mol. The third-order valence-electron chi connectivity index (χ3n) is 7.60. The zero-order valence-electron chi connectivity index (χ0n) is 23.3. The number of anilines is 5. The van der Waals surface area contributed by atoms with Crippen molar-refractivity contribution >= 4 is 46.7 Å². The van der Waals surface area contributed by atoms with Gasteiger partial charge in [0.15, 0.2) is 5.11 Å². The number of thiocarbonyl (C=S) groups is 1. The highest BCUT2D eigenvalue weighted by Crippen LogP contribution is 2.36. The molecule has 0 saturated carbocycles. The number of rotatable bonds is 6. The van der Waals surface area contributed by atoms with Crippen molar-refractivity contribution in [3.63, 3.8) is 0 Å². The van der Waals surface area contributed by atoms with E-state index in [4.69, 9.17) is 41.7 Å². The van der Waals surface area contributed by atoms with E-state index in [9.17, 15) is 0 Å². The summed E-state index contributed by atoms with van der Waals surface area (Å²) < 4.78 is 13.0. The third-order valence-corrected chi connectivity index (χ3v) is 7.82. The van der Waals surface area contributed by atoms with Crippen molar-refractivity contribution in [3.05, 3.63) is 71.4 Å². The lowest BCUT2D eigenvalue weighted by molar-refractivity contribution is 0.121. The molecule has 7 rings (SSSR count). The zero-order chi connectivity index (χ0) is 28.5. The highest BCUT2D eigenvalue weighted by Gasteiger charge is 2.30. The fourth-order valence-corrected chi connectivity index (χ4v) is 5.68. The van der Waals surface area contributed by atoms with Gasteiger partial charge >= 0.3 is 0 Å². The van der Waals surface area contributed by atoms with E-state index in [0.717, 1.165) is 60.2 Å². The van der Waals surface area contributed by atoms with Gasteiger partial charge in [-0.2, -0.15) is 20.1 Å². The molecule has 12 nitrogen and oxygen atoms in total. The van der Waals surface area contributed by atoms with Gasteiger partial charge < -0.3 is 35.2 Å². The lowest BCUT2D eigenvalue weighted by Gasteiger charge is -2.30. The molecule has 13 heteroatoms. The Hall–Kier alpha value is -4.33. The number of hydrogen-bond acceptors (Lipinski definition) is 10. The standard InChI is InChI=1S/C29H32N10O2S/c1-19-23-24(20-5-3-2-4-6-20)31-29(42)32-25(23)39(36-19)22-9-7-21(8-10-22)30-26-33-27(37-11-15-40-16-12-37)35-28(34-26)38-13-17-41-18-14-38/h2-10,24H,11-18H2,1H3,(H2,31,32,42)(H,30,33,34,35). The Kier molecular flexibility index (Phi) is 7.28. The molecule has 2 fully saturated rings. The molecule has 0 radical (unpaired) electrons. The Morgan fingerprint density at radius 1 is 0.833 bits per heavy atom. The Balaban J connectivity index is 1.16. The van der Waals surface area contributed by atoms with Crippen LogP contribution in [0.25, 0.3) is 5.69 Å². The second-order valence-electron chi connectivity index (χ2n) is 10.3. The van der Waals surface area contributed by atoms with Crippen LogP contribution in [0.1, 0.15) is 22.9 Å². The summed E-state index contributed by atoms with van der Waals surface area (Å²) in [5.74, 6) is 2.66. The maximum absolute atomic E-state index is 5.57. The maximum Gasteiger partial charge on any atom is 0.233 e. The Bertz CT molecular complexity index is 1530. The molecule has 0 spiro atoms. The van der Waals surface area contributed by atoms with Gasteiger partial charge in [0.1, 0.15) is 5.82 Å². The number of aryl methyl sites for hydroxylation is 1. The van der Waals surface area contributed by atoms with Crippen molar-refractivity contribution in [1.82, 2.24) is 30.0 Å². The number of benzene rings is 2. The summed E-state index contributed by atoms with van der Waals surface area (Å²) in [4.78, 5) is 18.6. The largest absolute Gasteiger partial charge is 0.378 e. The third kappa shape index (κ3) is 5.33. The normalized spacial score (nSPS) is 18.7. The van der Waals surface area contributed by atoms with Gasteiger partial charge in [0.2, 0.25) is 17.8 Å². The number of nitrogens with zero attached hydrogens (tertiary/aromatic N) is 7. The first-order valence-corrected chi connectivity index (χ1v) is 14.5. The van der Waals surface area contributed by atoms with Crippen molar-refractivity contribution < 1.29 is 9.47 Å². The van der Waals surface area contributed by atoms with Crippen LogP contribution in [0.5, 0.6) is 0 Å². The van der Waals surface area contributed by atoms with E-state index < -0.39 is 0 Å². The number of nitrogens with one attached hydrogen (secondary N) is 3. The first kappa shape index (κ1) is 26.6. The first-order chi connectivity index (χ1) is 20.6. The van der Waals surface area contributed by atoms with Crippen molar-refractivity contribution in [1.29, 1.82) is 0 Å². The van der Waals surface area contributed by atoms with E-state index in [1.807, 2.05) is 54.1 Å². The van der Waals surface area contributed by atoms with Crippen molar-refractivity contribution in [3.8, 4) is 5.69 Å². The van der Waals surface area contributed by atoms with Crippen LogP contribution in [0.3, 0.4) is 0 Å². The summed E-state index contributed by atoms with van der Waals surface area (Å²) in [6, 6.07) is 18.2. The van der Waals surface area contributed by atoms with Crippen LogP contribution in [0.2, 0.25) is 0 Å². The van der Waals surface area contributed by atoms with E-state index in [2.05, 4.69) is 37.9 Å². The molecule has 2 saturated heterocycles. The minimum Gasteiger partial charge on any atom is -0.378 e. The van der Waals surface area contributed by atoms with Gasteiger partial charge in [0, 0.05) is 37.4 Å². The van der Waals surface area contributed by atoms with E-state index in [1.54, 1.807) is 0 Å². The lowest BCUT2D eigenvalue weighted by Crippen LogP contribution is -2.40. The topological polar surface area (TPSA) is 118 Å². The Morgan fingerprint density at radius 2 is 1.45 bits per heavy atom. The van der Waals surface area contributed by atoms with Crippen LogP contribution in [-0.4, -0.2) is 82.5 Å². The quantitative estimate of drug-likeness (QED) is 0.289. The summed E-state index contributed by atoms with van der Waals surface area (Å²) in [6.07, 6.45) is 0. The molecular weight excluding hydrogens is 552 g/mol. The van der Waals surface area contributed by atoms with Gasteiger partial charge in [0.25, 0.3) is 0 Å². The molecule has 5 heterocycles. The van der Waals surface area contributed by atoms with Crippen LogP contribution in [0, 0.1) is 6.92 Å². The first-order valence-electron chi connectivity index (χ1n) is 14.1. The summed E-state index contributed by atoms with van der Waals surface area (Å²) in [5.41, 5.74) is 4.91. The van der Waals surface area contributed by atoms with E-state index in [1.165, 1.54) is 0 Å². The molecule has 3 N–H and O–H groups in total. The fourth-order valence-electron chi connectivity index (χ4n) is 5.47. The number of aromatic nitrogens is 5. The molecule has 216 valence electrons. The minimum atomic E-state index is -0.0743. The van der Waals surface area contributed by atoms with Crippen LogP contribution in [-0.2, 0) is 9.47 Å². The van der Waals surface area contributed by atoms with Gasteiger partial charge in [-0.1, -0.05) is 30.3 Å². The average Bonchev–Trinajstić information content (AvgIpc) is 3.37. The van der Waals surface area contributed by atoms with E-state index in [0.29, 0.717) is 49.4 Å². The summed E-state index contributed by atoms with van der Waals surface area (Å²) in [6.45, 7) is 7.61. The van der Waals surface area contributed by atoms with Crippen LogP contribution >= 0.6 is 12.2 Å². The average molecular weight is 585 g/mol. The molecule has 2 aromatic heterocycles. The van der Waals surface area contributed by atoms with Crippen LogP contribution < -0.4 is 25.8 Å². The van der Waals surface area contributed by atoms with Gasteiger partial charge in [-0.05, 0) is 49.0 Å². The fraction of sp³-hybridized carbons (Fsp3) is 0.345. The number of hydrogen-bond donors (Lipinski definition) is 3. The summed E-state index contributed by atoms with van der Waals surface area (Å²) in [7, 11) is 0. The number of ether oxygens (including phenoxy) is 2. The minimum absolute atomic E-state index is 0.0743. The highest BCUT2D eigenvalue weighted by atomic mass is 32.1. The van der Waals surface area contributed by atoms with E-state index in [-0.39, 0.29) is 6.04 Å². The SMILES string of the molecule is Cc1nn(-c2ccc(Nc3nc(N4CCOCC4)nc(N4CCOCC4)n3)cc2)c2c1C(c1ccccc1)NC(=S)N2. The Labute approximate surface area is 249 Å².